The van der Waals surface area contributed by atoms with Crippen molar-refractivity contribution in [1.82, 2.24) is 19.9 Å². The van der Waals surface area contributed by atoms with E-state index in [9.17, 15) is 4.79 Å². The summed E-state index contributed by atoms with van der Waals surface area (Å²) in [4.78, 5) is 21.1. The van der Waals surface area contributed by atoms with E-state index in [1.807, 2.05) is 36.1 Å². The molecule has 7 nitrogen and oxygen atoms in total. The summed E-state index contributed by atoms with van der Waals surface area (Å²) in [7, 11) is 0. The molecule has 2 aromatic rings. The first-order valence-corrected chi connectivity index (χ1v) is 8.75. The van der Waals surface area contributed by atoms with Gasteiger partial charge in [0.2, 0.25) is 11.8 Å². The second-order valence-electron chi connectivity index (χ2n) is 6.41. The lowest BCUT2D eigenvalue weighted by Crippen LogP contribution is -2.49. The second-order valence-corrected chi connectivity index (χ2v) is 6.41. The number of carbonyl (C=O) groups excluding carboxylic acids is 1. The number of nitrogen functional groups attached to an aromatic ring is 1. The topological polar surface area (TPSA) is 88.5 Å². The third kappa shape index (κ3) is 5.82. The molecule has 1 fully saturated rings. The molecule has 1 unspecified atom stereocenters. The number of hydrogen-bond donors (Lipinski definition) is 1. The molecule has 0 saturated carbocycles. The Labute approximate surface area is 172 Å². The summed E-state index contributed by atoms with van der Waals surface area (Å²) < 4.78 is 5.34. The van der Waals surface area contributed by atoms with E-state index in [4.69, 9.17) is 10.3 Å². The van der Waals surface area contributed by atoms with Crippen LogP contribution in [0.5, 0.6) is 0 Å². The molecule has 1 aliphatic rings. The van der Waals surface area contributed by atoms with Crippen LogP contribution >= 0.6 is 24.8 Å². The molecule has 2 N–H and O–H groups in total. The van der Waals surface area contributed by atoms with E-state index >= 15 is 0 Å². The summed E-state index contributed by atoms with van der Waals surface area (Å²) in [5, 5.41) is 3.96. The minimum atomic E-state index is 0. The lowest BCUT2D eigenvalue weighted by Gasteiger charge is -2.36. The molecule has 1 aromatic carbocycles. The fourth-order valence-electron chi connectivity index (χ4n) is 3.02. The number of amides is 1. The maximum atomic E-state index is 12.5. The Balaban J connectivity index is 0.00000182. The van der Waals surface area contributed by atoms with Crippen LogP contribution in [0.15, 0.2) is 28.8 Å². The van der Waals surface area contributed by atoms with Crippen LogP contribution in [0.4, 0.5) is 5.69 Å². The number of nitrogens with zero attached hydrogens (tertiary/aromatic N) is 4. The molecule has 27 heavy (non-hydrogen) atoms. The zero-order valence-electron chi connectivity index (χ0n) is 15.6. The third-order valence-electron chi connectivity index (χ3n) is 4.71. The van der Waals surface area contributed by atoms with E-state index in [0.29, 0.717) is 31.1 Å². The van der Waals surface area contributed by atoms with Gasteiger partial charge in [0.15, 0.2) is 5.82 Å². The summed E-state index contributed by atoms with van der Waals surface area (Å²) in [6, 6.07) is 7.55. The van der Waals surface area contributed by atoms with Gasteiger partial charge in [-0.15, -0.1) is 24.8 Å². The fourth-order valence-corrected chi connectivity index (χ4v) is 3.02. The quantitative estimate of drug-likeness (QED) is 0.754. The normalized spacial score (nSPS) is 15.6. The molecule has 1 amide bonds. The molecule has 1 aliphatic heterocycles. The van der Waals surface area contributed by atoms with Crippen LogP contribution in [0.2, 0.25) is 0 Å². The van der Waals surface area contributed by atoms with Gasteiger partial charge in [0.05, 0.1) is 12.5 Å². The van der Waals surface area contributed by atoms with Crippen LogP contribution in [-0.4, -0.2) is 52.0 Å². The van der Waals surface area contributed by atoms with Gasteiger partial charge in [-0.3, -0.25) is 9.69 Å². The average molecular weight is 416 g/mol. The Morgan fingerprint density at radius 2 is 1.81 bits per heavy atom. The van der Waals surface area contributed by atoms with Crippen molar-refractivity contribution in [3.63, 3.8) is 0 Å². The average Bonchev–Trinajstić information content (AvgIpc) is 3.12. The number of carbonyl (C=O) groups is 1. The molecule has 1 atom stereocenters. The number of benzene rings is 1. The highest BCUT2D eigenvalue weighted by Crippen LogP contribution is 2.20. The monoisotopic (exact) mass is 415 g/mol. The highest BCUT2D eigenvalue weighted by Gasteiger charge is 2.27. The van der Waals surface area contributed by atoms with Crippen molar-refractivity contribution in [3.05, 3.63) is 41.5 Å². The van der Waals surface area contributed by atoms with E-state index in [0.717, 1.165) is 30.9 Å². The second kappa shape index (κ2) is 10.5. The molecule has 9 heteroatoms. The number of anilines is 1. The molecule has 1 aromatic heterocycles. The highest BCUT2D eigenvalue weighted by molar-refractivity contribution is 5.85. The van der Waals surface area contributed by atoms with E-state index < -0.39 is 0 Å². The molecule has 2 heterocycles. The van der Waals surface area contributed by atoms with Crippen molar-refractivity contribution in [1.29, 1.82) is 0 Å². The van der Waals surface area contributed by atoms with Crippen molar-refractivity contribution < 1.29 is 9.32 Å². The highest BCUT2D eigenvalue weighted by atomic mass is 35.5. The summed E-state index contributed by atoms with van der Waals surface area (Å²) in [6.07, 6.45) is 1.18. The Morgan fingerprint density at radius 1 is 1.19 bits per heavy atom. The van der Waals surface area contributed by atoms with Crippen LogP contribution < -0.4 is 5.73 Å². The number of aryl methyl sites for hydroxylation is 1. The molecule has 0 radical (unpaired) electrons. The van der Waals surface area contributed by atoms with Crippen LogP contribution in [0.3, 0.4) is 0 Å². The van der Waals surface area contributed by atoms with E-state index in [2.05, 4.69) is 22.0 Å². The van der Waals surface area contributed by atoms with Crippen LogP contribution in [0, 0.1) is 0 Å². The number of halogens is 2. The SMILES string of the molecule is CCc1noc(C(C)N2CCN(C(=O)Cc3ccc(N)cc3)CC2)n1.Cl.Cl. The largest absolute Gasteiger partial charge is 0.399 e. The van der Waals surface area contributed by atoms with Crippen LogP contribution in [0.1, 0.15) is 37.2 Å². The minimum Gasteiger partial charge on any atom is -0.399 e. The zero-order chi connectivity index (χ0) is 17.8. The Morgan fingerprint density at radius 3 is 2.37 bits per heavy atom. The molecular formula is C18H27Cl2N5O2. The van der Waals surface area contributed by atoms with Crippen molar-refractivity contribution in [2.75, 3.05) is 31.9 Å². The number of hydrogen-bond acceptors (Lipinski definition) is 6. The van der Waals surface area contributed by atoms with Gasteiger partial charge >= 0.3 is 0 Å². The third-order valence-corrected chi connectivity index (χ3v) is 4.71. The predicted octanol–water partition coefficient (Wildman–Crippen LogP) is 2.51. The fraction of sp³-hybridized carbons (Fsp3) is 0.500. The van der Waals surface area contributed by atoms with Crippen molar-refractivity contribution in [3.8, 4) is 0 Å². The van der Waals surface area contributed by atoms with Gasteiger partial charge in [-0.05, 0) is 24.6 Å². The molecule has 1 saturated heterocycles. The number of piperazine rings is 1. The first kappa shape index (κ1) is 23.2. The van der Waals surface area contributed by atoms with Crippen molar-refractivity contribution in [2.45, 2.75) is 32.7 Å². The minimum absolute atomic E-state index is 0. The molecule has 0 bridgehead atoms. The lowest BCUT2D eigenvalue weighted by atomic mass is 10.1. The van der Waals surface area contributed by atoms with Gasteiger partial charge in [0.1, 0.15) is 0 Å². The van der Waals surface area contributed by atoms with Crippen molar-refractivity contribution >= 4 is 36.4 Å². The first-order chi connectivity index (χ1) is 12.1. The summed E-state index contributed by atoms with van der Waals surface area (Å²) in [5.41, 5.74) is 7.39. The van der Waals surface area contributed by atoms with Crippen molar-refractivity contribution in [2.24, 2.45) is 0 Å². The maximum absolute atomic E-state index is 12.5. The predicted molar refractivity (Wildman–Crippen MR) is 109 cm³/mol. The van der Waals surface area contributed by atoms with Crippen LogP contribution in [-0.2, 0) is 17.6 Å². The summed E-state index contributed by atoms with van der Waals surface area (Å²) >= 11 is 0. The standard InChI is InChI=1S/C18H25N5O2.2ClH/c1-3-16-20-18(25-21-16)13(2)22-8-10-23(11-9-22)17(24)12-14-4-6-15(19)7-5-14;;/h4-7,13H,3,8-12,19H2,1-2H3;2*1H. The Kier molecular flexibility index (Phi) is 9.02. The van der Waals surface area contributed by atoms with E-state index in [1.54, 1.807) is 0 Å². The Hall–Kier alpha value is -1.83. The lowest BCUT2D eigenvalue weighted by molar-refractivity contribution is -0.132. The summed E-state index contributed by atoms with van der Waals surface area (Å²) in [5.74, 6) is 1.54. The van der Waals surface area contributed by atoms with Gasteiger partial charge in [0.25, 0.3) is 0 Å². The number of aromatic nitrogens is 2. The van der Waals surface area contributed by atoms with Crippen LogP contribution in [0.25, 0.3) is 0 Å². The first-order valence-electron chi connectivity index (χ1n) is 8.75. The smallest absolute Gasteiger partial charge is 0.243 e. The van der Waals surface area contributed by atoms with E-state index in [-0.39, 0.29) is 36.8 Å². The number of nitrogens with two attached hydrogens (primary N) is 1. The molecule has 3 rings (SSSR count). The molecular weight excluding hydrogens is 389 g/mol. The summed E-state index contributed by atoms with van der Waals surface area (Å²) in [6.45, 7) is 7.11. The van der Waals surface area contributed by atoms with Gasteiger partial charge in [0, 0.05) is 38.3 Å². The van der Waals surface area contributed by atoms with Gasteiger partial charge in [-0.1, -0.05) is 24.2 Å². The maximum Gasteiger partial charge on any atom is 0.243 e. The van der Waals surface area contributed by atoms with Gasteiger partial charge in [-0.25, -0.2) is 0 Å². The number of rotatable bonds is 5. The molecule has 0 spiro atoms. The Bertz CT molecular complexity index is 715. The van der Waals surface area contributed by atoms with E-state index in [1.165, 1.54) is 0 Å². The van der Waals surface area contributed by atoms with Gasteiger partial charge < -0.3 is 15.2 Å². The molecule has 0 aliphatic carbocycles. The van der Waals surface area contributed by atoms with Gasteiger partial charge in [-0.2, -0.15) is 4.98 Å². The zero-order valence-corrected chi connectivity index (χ0v) is 17.3. The molecule has 150 valence electrons.